The van der Waals surface area contributed by atoms with Crippen LogP contribution in [-0.4, -0.2) is 19.5 Å². The van der Waals surface area contributed by atoms with Crippen molar-refractivity contribution in [3.8, 4) is 51.0 Å². The molecule has 0 unspecified atom stereocenters. The Labute approximate surface area is 308 Å². The first-order valence-corrected chi connectivity index (χ1v) is 16.6. The number of para-hydroxylation sites is 3. The molecule has 0 amide bonds. The lowest BCUT2D eigenvalue weighted by Crippen LogP contribution is -2.03. The Morgan fingerprint density at radius 1 is 0.460 bits per heavy atom. The lowest BCUT2D eigenvalue weighted by Gasteiger charge is -2.14. The van der Waals surface area contributed by atoms with Crippen molar-refractivity contribution in [1.82, 2.24) is 19.5 Å². The summed E-state index contributed by atoms with van der Waals surface area (Å²) in [6, 6.07) is 28.2. The van der Waals surface area contributed by atoms with E-state index >= 15 is 0 Å². The number of rotatable bonds is 5. The zero-order chi connectivity index (χ0) is 42.6. The van der Waals surface area contributed by atoms with Crippen molar-refractivity contribution >= 4 is 53.3 Å². The van der Waals surface area contributed by atoms with E-state index in [0.29, 0.717) is 65.8 Å². The Kier molecular flexibility index (Phi) is 4.54. The summed E-state index contributed by atoms with van der Waals surface area (Å²) in [5, 5.41) is 1.30. The molecule has 0 aliphatic heterocycles. The molecule has 0 saturated carbocycles. The number of benzene rings is 7. The van der Waals surface area contributed by atoms with Gasteiger partial charge in [0.05, 0.1) is 31.8 Å². The van der Waals surface area contributed by atoms with Crippen molar-refractivity contribution in [2.75, 3.05) is 0 Å². The summed E-state index contributed by atoms with van der Waals surface area (Å²) in [6.45, 7) is 0. The second kappa shape index (κ2) is 11.6. The highest BCUT2D eigenvalue weighted by molar-refractivity contribution is 7.26. The maximum Gasteiger partial charge on any atom is 0.166 e. The van der Waals surface area contributed by atoms with E-state index in [1.807, 2.05) is 65.2 Å². The highest BCUT2D eigenvalue weighted by Gasteiger charge is 2.19. The molecular formula is C45H28N4S. The molecule has 50 heavy (non-hydrogen) atoms. The highest BCUT2D eigenvalue weighted by Crippen LogP contribution is 2.41. The van der Waals surface area contributed by atoms with Crippen LogP contribution in [0.3, 0.4) is 0 Å². The van der Waals surface area contributed by atoms with Gasteiger partial charge in [0.15, 0.2) is 17.5 Å². The zero-order valence-electron chi connectivity index (χ0n) is 37.0. The van der Waals surface area contributed by atoms with E-state index in [1.165, 1.54) is 6.07 Å². The standard InChI is InChI=1S/C45H28N4S/c1-2-14-29(15-3-1)43-46-44(31-17-12-16-30(28-31)32-22-13-23-36-35-20-7-11-27-41(35)50-42(32)36)48-45(47-43)37-21-6-10-26-40(37)49-38-24-8-4-18-33(38)34-19-5-9-25-39(34)49/h1-28H/i4D,5D,7D,11D,13D,18D,20D,22D,23D,24D,27D. The Hall–Kier alpha value is -6.43. The molecule has 10 aromatic rings. The summed E-state index contributed by atoms with van der Waals surface area (Å²) in [5.74, 6) is 0.922. The van der Waals surface area contributed by atoms with Crippen molar-refractivity contribution in [3.63, 3.8) is 0 Å². The first kappa shape index (κ1) is 19.5. The summed E-state index contributed by atoms with van der Waals surface area (Å²) in [4.78, 5) is 15.0. The minimum absolute atomic E-state index is 0.0422. The van der Waals surface area contributed by atoms with Crippen LogP contribution >= 0.6 is 11.3 Å². The Morgan fingerprint density at radius 3 is 2.16 bits per heavy atom. The molecule has 0 aliphatic carbocycles. The summed E-state index contributed by atoms with van der Waals surface area (Å²) >= 11 is 1.07. The van der Waals surface area contributed by atoms with E-state index in [0.717, 1.165) is 11.3 Å². The van der Waals surface area contributed by atoms with Crippen LogP contribution in [0.1, 0.15) is 15.1 Å². The molecule has 234 valence electrons. The lowest BCUT2D eigenvalue weighted by molar-refractivity contribution is 1.06. The molecular weight excluding hydrogens is 629 g/mol. The third kappa shape index (κ3) is 4.63. The van der Waals surface area contributed by atoms with Crippen molar-refractivity contribution in [3.05, 3.63) is 170 Å². The van der Waals surface area contributed by atoms with Gasteiger partial charge in [-0.15, -0.1) is 11.3 Å². The van der Waals surface area contributed by atoms with Crippen LogP contribution in [0.15, 0.2) is 170 Å². The summed E-state index contributed by atoms with van der Waals surface area (Å²) in [6.07, 6.45) is 0. The van der Waals surface area contributed by atoms with Crippen molar-refractivity contribution in [2.24, 2.45) is 0 Å². The Balaban J connectivity index is 1.22. The van der Waals surface area contributed by atoms with Gasteiger partial charge in [-0.05, 0) is 47.5 Å². The number of nitrogens with zero attached hydrogens (tertiary/aromatic N) is 4. The predicted molar refractivity (Wildman–Crippen MR) is 209 cm³/mol. The van der Waals surface area contributed by atoms with Gasteiger partial charge in [0, 0.05) is 47.6 Å². The predicted octanol–water partition coefficient (Wildman–Crippen LogP) is 12.0. The van der Waals surface area contributed by atoms with E-state index in [9.17, 15) is 0 Å². The minimum atomic E-state index is -0.438. The Morgan fingerprint density at radius 2 is 1.22 bits per heavy atom. The van der Waals surface area contributed by atoms with Crippen LogP contribution < -0.4 is 0 Å². The molecule has 0 radical (unpaired) electrons. The summed E-state index contributed by atoms with van der Waals surface area (Å²) in [5.41, 5.74) is 4.24. The molecule has 7 aromatic carbocycles. The van der Waals surface area contributed by atoms with Gasteiger partial charge in [-0.1, -0.05) is 133 Å². The Bertz CT molecular complexity index is 3510. The highest BCUT2D eigenvalue weighted by atomic mass is 32.1. The molecule has 0 atom stereocenters. The van der Waals surface area contributed by atoms with Gasteiger partial charge in [0.2, 0.25) is 0 Å². The fourth-order valence-electron chi connectivity index (χ4n) is 6.45. The number of thiophene rings is 1. The van der Waals surface area contributed by atoms with E-state index in [2.05, 4.69) is 0 Å². The average Bonchev–Trinajstić information content (AvgIpc) is 3.84. The molecule has 0 N–H and O–H groups in total. The SMILES string of the molecule is [2H]c1ccc2c(c1)c1c([2H])c([2H])cc([2H])c1n2-c1ccccc1-c1nc(-c2ccccc2)nc(-c2cccc(-c3c([2H])c([2H])c([2H])c4c3sc3c([2H])c([2H])c([2H])c([2H])c34)c2)n1. The molecule has 4 nitrogen and oxygen atoms in total. The van der Waals surface area contributed by atoms with E-state index in [-0.39, 0.29) is 81.5 Å². The smallest absolute Gasteiger partial charge is 0.166 e. The first-order valence-electron chi connectivity index (χ1n) is 21.3. The third-order valence-corrected chi connectivity index (χ3v) is 9.81. The number of hydrogen-bond acceptors (Lipinski definition) is 4. The van der Waals surface area contributed by atoms with Gasteiger partial charge in [-0.25, -0.2) is 15.0 Å². The van der Waals surface area contributed by atoms with Gasteiger partial charge < -0.3 is 4.57 Å². The second-order valence-corrected chi connectivity index (χ2v) is 12.6. The average molecular weight is 668 g/mol. The van der Waals surface area contributed by atoms with Gasteiger partial charge in [0.25, 0.3) is 0 Å². The fourth-order valence-corrected chi connectivity index (χ4v) is 7.54. The van der Waals surface area contributed by atoms with Crippen LogP contribution in [0, 0.1) is 0 Å². The fraction of sp³-hybridized carbons (Fsp3) is 0. The molecule has 0 aliphatic rings. The zero-order valence-corrected chi connectivity index (χ0v) is 26.8. The van der Waals surface area contributed by atoms with Crippen molar-refractivity contribution in [2.45, 2.75) is 0 Å². The van der Waals surface area contributed by atoms with E-state index < -0.39 is 12.1 Å². The van der Waals surface area contributed by atoms with E-state index in [1.54, 1.807) is 36.4 Å². The van der Waals surface area contributed by atoms with Crippen molar-refractivity contribution in [1.29, 1.82) is 0 Å². The van der Waals surface area contributed by atoms with Crippen LogP contribution in [0.4, 0.5) is 0 Å². The number of hydrogen-bond donors (Lipinski definition) is 0. The molecule has 3 heterocycles. The van der Waals surface area contributed by atoms with Gasteiger partial charge in [-0.3, -0.25) is 0 Å². The van der Waals surface area contributed by atoms with Crippen LogP contribution in [0.5, 0.6) is 0 Å². The minimum Gasteiger partial charge on any atom is -0.309 e. The second-order valence-electron chi connectivity index (χ2n) is 11.6. The molecule has 0 saturated heterocycles. The molecule has 0 spiro atoms. The molecule has 5 heteroatoms. The molecule has 0 fully saturated rings. The topological polar surface area (TPSA) is 43.6 Å². The number of aromatic nitrogens is 4. The van der Waals surface area contributed by atoms with Crippen LogP contribution in [0.2, 0.25) is 0 Å². The van der Waals surface area contributed by atoms with Gasteiger partial charge in [-0.2, -0.15) is 0 Å². The lowest BCUT2D eigenvalue weighted by atomic mass is 10.0. The summed E-state index contributed by atoms with van der Waals surface area (Å²) < 4.78 is 97.8. The monoisotopic (exact) mass is 667 g/mol. The van der Waals surface area contributed by atoms with Gasteiger partial charge >= 0.3 is 0 Å². The first-order chi connectivity index (χ1) is 29.3. The molecule has 3 aromatic heterocycles. The third-order valence-electron chi connectivity index (χ3n) is 8.69. The van der Waals surface area contributed by atoms with Crippen LogP contribution in [-0.2, 0) is 0 Å². The molecule has 10 rings (SSSR count). The maximum absolute atomic E-state index is 9.09. The maximum atomic E-state index is 9.09. The number of fused-ring (bicyclic) bond motifs is 6. The van der Waals surface area contributed by atoms with Crippen molar-refractivity contribution < 1.29 is 15.1 Å². The largest absolute Gasteiger partial charge is 0.309 e. The van der Waals surface area contributed by atoms with Crippen LogP contribution in [0.25, 0.3) is 93.0 Å². The van der Waals surface area contributed by atoms with Gasteiger partial charge in [0.1, 0.15) is 0 Å². The quantitative estimate of drug-likeness (QED) is 0.183. The normalized spacial score (nSPS) is 14.7. The van der Waals surface area contributed by atoms with E-state index in [4.69, 9.17) is 30.0 Å². The molecule has 0 bridgehead atoms. The summed E-state index contributed by atoms with van der Waals surface area (Å²) in [7, 11) is 0.